The van der Waals surface area contributed by atoms with E-state index < -0.39 is 0 Å². The first-order valence-electron chi connectivity index (χ1n) is 6.89. The van der Waals surface area contributed by atoms with Crippen molar-refractivity contribution in [3.05, 3.63) is 22.4 Å². The van der Waals surface area contributed by atoms with Crippen molar-refractivity contribution < 1.29 is 0 Å². The van der Waals surface area contributed by atoms with Crippen LogP contribution in [0.2, 0.25) is 0 Å². The molecule has 1 aliphatic heterocycles. The molecule has 2 rings (SSSR count). The van der Waals surface area contributed by atoms with Gasteiger partial charge in [-0.2, -0.15) is 11.3 Å². The molecule has 1 unspecified atom stereocenters. The molecule has 3 nitrogen and oxygen atoms in total. The van der Waals surface area contributed by atoms with Gasteiger partial charge < -0.3 is 0 Å². The molecule has 0 bridgehead atoms. The van der Waals surface area contributed by atoms with E-state index >= 15 is 0 Å². The molecule has 1 aromatic rings. The third-order valence-corrected chi connectivity index (χ3v) is 4.87. The molecule has 0 amide bonds. The summed E-state index contributed by atoms with van der Waals surface area (Å²) in [4.78, 5) is 2.60. The van der Waals surface area contributed by atoms with Crippen molar-refractivity contribution in [1.82, 2.24) is 10.3 Å². The van der Waals surface area contributed by atoms with Crippen LogP contribution >= 0.6 is 11.3 Å². The minimum absolute atomic E-state index is 0.0557. The predicted molar refractivity (Wildman–Crippen MR) is 78.5 cm³/mol. The number of hydrogen-bond donors (Lipinski definition) is 2. The molecule has 1 aliphatic rings. The van der Waals surface area contributed by atoms with Gasteiger partial charge in [0.05, 0.1) is 6.04 Å². The summed E-state index contributed by atoms with van der Waals surface area (Å²) in [7, 11) is 0. The summed E-state index contributed by atoms with van der Waals surface area (Å²) in [5, 5.41) is 4.32. The Balaban J connectivity index is 2.16. The Morgan fingerprint density at radius 3 is 2.44 bits per heavy atom. The lowest BCUT2D eigenvalue weighted by molar-refractivity contribution is 0.0836. The molecule has 0 radical (unpaired) electrons. The highest BCUT2D eigenvalue weighted by molar-refractivity contribution is 7.07. The summed E-state index contributed by atoms with van der Waals surface area (Å²) >= 11 is 1.74. The molecule has 102 valence electrons. The van der Waals surface area contributed by atoms with Gasteiger partial charge in [0.25, 0.3) is 0 Å². The lowest BCUT2D eigenvalue weighted by Crippen LogP contribution is -2.54. The van der Waals surface area contributed by atoms with Crippen molar-refractivity contribution in [2.45, 2.75) is 51.1 Å². The van der Waals surface area contributed by atoms with Crippen LogP contribution in [0.15, 0.2) is 16.8 Å². The smallest absolute Gasteiger partial charge is 0.0646 e. The van der Waals surface area contributed by atoms with E-state index in [0.717, 1.165) is 0 Å². The number of thiophene rings is 1. The lowest BCUT2D eigenvalue weighted by atomic mass is 9.88. The fourth-order valence-corrected chi connectivity index (χ4v) is 3.66. The molecule has 1 saturated heterocycles. The second-order valence-electron chi connectivity index (χ2n) is 5.71. The number of nitrogens with one attached hydrogen (secondary N) is 1. The highest BCUT2D eigenvalue weighted by Crippen LogP contribution is 2.33. The molecule has 1 atom stereocenters. The predicted octanol–water partition coefficient (Wildman–Crippen LogP) is 2.91. The highest BCUT2D eigenvalue weighted by atomic mass is 32.1. The molecule has 0 aromatic carbocycles. The Morgan fingerprint density at radius 1 is 1.28 bits per heavy atom. The first kappa shape index (κ1) is 14.0. The number of rotatable bonds is 4. The van der Waals surface area contributed by atoms with Gasteiger partial charge in [-0.15, -0.1) is 0 Å². The van der Waals surface area contributed by atoms with Crippen LogP contribution in [0.3, 0.4) is 0 Å². The van der Waals surface area contributed by atoms with Gasteiger partial charge in [-0.1, -0.05) is 12.8 Å². The largest absolute Gasteiger partial charge is 0.296 e. The molecule has 18 heavy (non-hydrogen) atoms. The summed E-state index contributed by atoms with van der Waals surface area (Å²) in [6, 6.07) is 2.37. The van der Waals surface area contributed by atoms with E-state index in [2.05, 4.69) is 41.0 Å². The van der Waals surface area contributed by atoms with Gasteiger partial charge in [0.1, 0.15) is 0 Å². The van der Waals surface area contributed by atoms with E-state index in [9.17, 15) is 0 Å². The topological polar surface area (TPSA) is 41.3 Å². The second-order valence-corrected chi connectivity index (χ2v) is 6.49. The first-order chi connectivity index (χ1) is 8.66. The van der Waals surface area contributed by atoms with E-state index in [4.69, 9.17) is 5.84 Å². The van der Waals surface area contributed by atoms with Crippen LogP contribution in [0.1, 0.15) is 51.1 Å². The number of hydrogen-bond acceptors (Lipinski definition) is 4. The Bertz CT molecular complexity index is 340. The standard InChI is InChI=1S/C14H25N3S/c1-14(2,17-8-5-3-4-6-9-17)13(16-15)12-7-10-18-11-12/h7,10-11,13,16H,3-6,8-9,15H2,1-2H3. The zero-order valence-electron chi connectivity index (χ0n) is 11.5. The molecule has 0 spiro atoms. The summed E-state index contributed by atoms with van der Waals surface area (Å²) in [6.07, 6.45) is 5.35. The maximum Gasteiger partial charge on any atom is 0.0646 e. The van der Waals surface area contributed by atoms with Crippen molar-refractivity contribution in [2.24, 2.45) is 5.84 Å². The fraction of sp³-hybridized carbons (Fsp3) is 0.714. The third kappa shape index (κ3) is 2.94. The minimum Gasteiger partial charge on any atom is -0.296 e. The maximum atomic E-state index is 5.82. The van der Waals surface area contributed by atoms with Crippen molar-refractivity contribution in [1.29, 1.82) is 0 Å². The fourth-order valence-electron chi connectivity index (χ4n) is 2.98. The van der Waals surface area contributed by atoms with Gasteiger partial charge in [0, 0.05) is 5.54 Å². The molecule has 0 saturated carbocycles. The van der Waals surface area contributed by atoms with E-state index in [1.807, 2.05) is 0 Å². The lowest BCUT2D eigenvalue weighted by Gasteiger charge is -2.43. The van der Waals surface area contributed by atoms with E-state index in [-0.39, 0.29) is 11.6 Å². The number of hydrazine groups is 1. The SMILES string of the molecule is CC(C)(C(NN)c1ccsc1)N1CCCCCC1. The quantitative estimate of drug-likeness (QED) is 0.651. The third-order valence-electron chi connectivity index (χ3n) is 4.17. The van der Waals surface area contributed by atoms with Crippen molar-refractivity contribution in [3.8, 4) is 0 Å². The van der Waals surface area contributed by atoms with E-state index in [1.165, 1.54) is 44.3 Å². The normalized spacial score (nSPS) is 20.6. The van der Waals surface area contributed by atoms with Gasteiger partial charge in [-0.05, 0) is 62.2 Å². The van der Waals surface area contributed by atoms with Crippen molar-refractivity contribution in [3.63, 3.8) is 0 Å². The second kappa shape index (κ2) is 6.15. The molecule has 3 N–H and O–H groups in total. The van der Waals surface area contributed by atoms with Gasteiger partial charge in [0.15, 0.2) is 0 Å². The first-order valence-corrected chi connectivity index (χ1v) is 7.84. The van der Waals surface area contributed by atoms with E-state index in [0.29, 0.717) is 0 Å². The van der Waals surface area contributed by atoms with E-state index in [1.54, 1.807) is 11.3 Å². The number of nitrogens with two attached hydrogens (primary N) is 1. The van der Waals surface area contributed by atoms with Crippen LogP contribution in [0.4, 0.5) is 0 Å². The number of nitrogens with zero attached hydrogens (tertiary/aromatic N) is 1. The number of likely N-dealkylation sites (tertiary alicyclic amines) is 1. The minimum atomic E-state index is 0.0557. The zero-order valence-corrected chi connectivity index (χ0v) is 12.3. The summed E-state index contributed by atoms with van der Waals surface area (Å²) in [5.41, 5.74) is 4.39. The molecule has 2 heterocycles. The molecule has 1 aromatic heterocycles. The van der Waals surface area contributed by atoms with Gasteiger partial charge in [0.2, 0.25) is 0 Å². The summed E-state index contributed by atoms with van der Waals surface area (Å²) in [5.74, 6) is 5.82. The van der Waals surface area contributed by atoms with Gasteiger partial charge in [-0.25, -0.2) is 0 Å². The van der Waals surface area contributed by atoms with Crippen molar-refractivity contribution >= 4 is 11.3 Å². The van der Waals surface area contributed by atoms with Gasteiger partial charge in [-0.3, -0.25) is 16.2 Å². The summed E-state index contributed by atoms with van der Waals surface area (Å²) < 4.78 is 0. The zero-order chi connectivity index (χ0) is 13.0. The average molecular weight is 267 g/mol. The summed E-state index contributed by atoms with van der Waals surface area (Å²) in [6.45, 7) is 6.99. The van der Waals surface area contributed by atoms with Crippen LogP contribution in [0.5, 0.6) is 0 Å². The van der Waals surface area contributed by atoms with Crippen LogP contribution in [0, 0.1) is 0 Å². The van der Waals surface area contributed by atoms with Gasteiger partial charge >= 0.3 is 0 Å². The molecular weight excluding hydrogens is 242 g/mol. The van der Waals surface area contributed by atoms with Crippen LogP contribution in [0.25, 0.3) is 0 Å². The molecule has 4 heteroatoms. The molecular formula is C14H25N3S. The maximum absolute atomic E-state index is 5.82. The molecule has 0 aliphatic carbocycles. The van der Waals surface area contributed by atoms with Crippen LogP contribution in [-0.2, 0) is 0 Å². The average Bonchev–Trinajstić information content (AvgIpc) is 2.70. The van der Waals surface area contributed by atoms with Crippen molar-refractivity contribution in [2.75, 3.05) is 13.1 Å². The van der Waals surface area contributed by atoms with Crippen LogP contribution < -0.4 is 11.3 Å². The monoisotopic (exact) mass is 267 g/mol. The Hall–Kier alpha value is -0.420. The Kier molecular flexibility index (Phi) is 4.78. The highest BCUT2D eigenvalue weighted by Gasteiger charge is 2.36. The Labute approximate surface area is 114 Å². The van der Waals surface area contributed by atoms with Crippen LogP contribution in [-0.4, -0.2) is 23.5 Å². The molecule has 1 fully saturated rings. The Morgan fingerprint density at radius 2 is 1.94 bits per heavy atom.